The summed E-state index contributed by atoms with van der Waals surface area (Å²) in [6.45, 7) is 2.16. The predicted octanol–water partition coefficient (Wildman–Crippen LogP) is 2.92. The number of piperidine rings is 1. The lowest BCUT2D eigenvalue weighted by atomic mass is 9.89. The standard InChI is InChI=1S/C22H24FNO4/c23-17-6-7-19-20(12-17)27-14-21(28-19)18(25)13-24-10-8-16(9-11-24)22(26)15-4-2-1-3-5-15/h1-7,12,16,18,21,25H,8-11,13-14H2. The number of fused-ring (bicyclic) bond motifs is 1. The second-order valence-corrected chi connectivity index (χ2v) is 7.43. The Morgan fingerprint density at radius 1 is 1.14 bits per heavy atom. The second-order valence-electron chi connectivity index (χ2n) is 7.43. The van der Waals surface area contributed by atoms with Crippen molar-refractivity contribution in [1.29, 1.82) is 0 Å². The van der Waals surface area contributed by atoms with E-state index in [0.29, 0.717) is 18.0 Å². The van der Waals surface area contributed by atoms with Crippen LogP contribution < -0.4 is 9.47 Å². The van der Waals surface area contributed by atoms with E-state index in [1.165, 1.54) is 18.2 Å². The van der Waals surface area contributed by atoms with Crippen LogP contribution in [0, 0.1) is 11.7 Å². The maximum absolute atomic E-state index is 13.2. The molecule has 2 aromatic carbocycles. The molecule has 2 heterocycles. The topological polar surface area (TPSA) is 59.0 Å². The zero-order valence-electron chi connectivity index (χ0n) is 15.6. The van der Waals surface area contributed by atoms with Gasteiger partial charge in [0, 0.05) is 24.1 Å². The van der Waals surface area contributed by atoms with Crippen LogP contribution in [0.25, 0.3) is 0 Å². The molecule has 4 rings (SSSR count). The molecule has 2 atom stereocenters. The maximum Gasteiger partial charge on any atom is 0.166 e. The number of nitrogens with zero attached hydrogens (tertiary/aromatic N) is 1. The van der Waals surface area contributed by atoms with E-state index in [1.54, 1.807) is 0 Å². The van der Waals surface area contributed by atoms with E-state index >= 15 is 0 Å². The minimum Gasteiger partial charge on any atom is -0.486 e. The molecule has 0 radical (unpaired) electrons. The van der Waals surface area contributed by atoms with E-state index in [-0.39, 0.29) is 24.1 Å². The number of carbonyl (C=O) groups excluding carboxylic acids is 1. The predicted molar refractivity (Wildman–Crippen MR) is 102 cm³/mol. The van der Waals surface area contributed by atoms with Gasteiger partial charge < -0.3 is 19.5 Å². The molecule has 6 heteroatoms. The summed E-state index contributed by atoms with van der Waals surface area (Å²) in [5, 5.41) is 10.6. The number of rotatable bonds is 5. The fraction of sp³-hybridized carbons (Fsp3) is 0.409. The van der Waals surface area contributed by atoms with E-state index in [4.69, 9.17) is 9.47 Å². The number of likely N-dealkylation sites (tertiary alicyclic amines) is 1. The zero-order chi connectivity index (χ0) is 19.5. The minimum absolute atomic E-state index is 0.0341. The first kappa shape index (κ1) is 18.9. The van der Waals surface area contributed by atoms with Crippen molar-refractivity contribution in [2.45, 2.75) is 25.0 Å². The summed E-state index contributed by atoms with van der Waals surface area (Å²) in [5.41, 5.74) is 0.767. The summed E-state index contributed by atoms with van der Waals surface area (Å²) in [6, 6.07) is 13.5. The highest BCUT2D eigenvalue weighted by atomic mass is 19.1. The molecule has 0 aliphatic carbocycles. The summed E-state index contributed by atoms with van der Waals surface area (Å²) >= 11 is 0. The fourth-order valence-electron chi connectivity index (χ4n) is 3.85. The van der Waals surface area contributed by atoms with Gasteiger partial charge in [0.05, 0.1) is 0 Å². The van der Waals surface area contributed by atoms with Crippen molar-refractivity contribution < 1.29 is 23.8 Å². The number of β-amino-alcohol motifs (C(OH)–C–C–N with tert-alkyl or cyclic N) is 1. The van der Waals surface area contributed by atoms with Gasteiger partial charge in [0.15, 0.2) is 23.4 Å². The molecule has 0 amide bonds. The van der Waals surface area contributed by atoms with Crippen LogP contribution >= 0.6 is 0 Å². The first-order valence-corrected chi connectivity index (χ1v) is 9.69. The van der Waals surface area contributed by atoms with E-state index in [1.807, 2.05) is 30.3 Å². The van der Waals surface area contributed by atoms with Gasteiger partial charge in [-0.15, -0.1) is 0 Å². The number of halogens is 1. The molecule has 0 spiro atoms. The molecule has 1 saturated heterocycles. The number of ether oxygens (including phenoxy) is 2. The summed E-state index contributed by atoms with van der Waals surface area (Å²) in [4.78, 5) is 14.7. The van der Waals surface area contributed by atoms with Crippen molar-refractivity contribution in [3.63, 3.8) is 0 Å². The van der Waals surface area contributed by atoms with Crippen molar-refractivity contribution in [1.82, 2.24) is 4.90 Å². The van der Waals surface area contributed by atoms with Crippen LogP contribution in [0.1, 0.15) is 23.2 Å². The normalized spacial score (nSPS) is 21.3. The lowest BCUT2D eigenvalue weighted by molar-refractivity contribution is -0.0288. The molecule has 2 unspecified atom stereocenters. The molecular weight excluding hydrogens is 361 g/mol. The summed E-state index contributed by atoms with van der Waals surface area (Å²) in [6.07, 6.45) is 0.344. The van der Waals surface area contributed by atoms with Gasteiger partial charge in [-0.05, 0) is 38.1 Å². The lowest BCUT2D eigenvalue weighted by Crippen LogP contribution is -2.48. The second kappa shape index (κ2) is 8.29. The number of benzene rings is 2. The maximum atomic E-state index is 13.2. The Hall–Kier alpha value is -2.44. The highest BCUT2D eigenvalue weighted by Crippen LogP contribution is 2.33. The van der Waals surface area contributed by atoms with E-state index in [9.17, 15) is 14.3 Å². The molecule has 2 aromatic rings. The molecule has 28 heavy (non-hydrogen) atoms. The van der Waals surface area contributed by atoms with Gasteiger partial charge >= 0.3 is 0 Å². The summed E-state index contributed by atoms with van der Waals surface area (Å²) in [5.74, 6) is 0.669. The van der Waals surface area contributed by atoms with Crippen LogP contribution in [0.5, 0.6) is 11.5 Å². The third-order valence-corrected chi connectivity index (χ3v) is 5.48. The smallest absolute Gasteiger partial charge is 0.166 e. The van der Waals surface area contributed by atoms with Crippen LogP contribution in [0.15, 0.2) is 48.5 Å². The Kier molecular flexibility index (Phi) is 5.59. The fourth-order valence-corrected chi connectivity index (χ4v) is 3.85. The number of Topliss-reactive ketones (excluding diaryl/α,β-unsaturated/α-hetero) is 1. The van der Waals surface area contributed by atoms with Crippen LogP contribution in [0.2, 0.25) is 0 Å². The van der Waals surface area contributed by atoms with Crippen LogP contribution in [0.3, 0.4) is 0 Å². The van der Waals surface area contributed by atoms with Gasteiger partial charge in [0.2, 0.25) is 0 Å². The zero-order valence-corrected chi connectivity index (χ0v) is 15.6. The number of ketones is 1. The number of aliphatic hydroxyl groups excluding tert-OH is 1. The van der Waals surface area contributed by atoms with Crippen molar-refractivity contribution >= 4 is 5.78 Å². The van der Waals surface area contributed by atoms with E-state index in [0.717, 1.165) is 31.5 Å². The third-order valence-electron chi connectivity index (χ3n) is 5.48. The van der Waals surface area contributed by atoms with E-state index < -0.39 is 12.2 Å². The average Bonchev–Trinajstić information content (AvgIpc) is 2.74. The molecule has 148 valence electrons. The van der Waals surface area contributed by atoms with Gasteiger partial charge in [-0.25, -0.2) is 4.39 Å². The molecule has 1 fully saturated rings. The number of carbonyl (C=O) groups is 1. The van der Waals surface area contributed by atoms with Gasteiger partial charge in [-0.3, -0.25) is 4.79 Å². The van der Waals surface area contributed by atoms with Crippen molar-refractivity contribution in [2.75, 3.05) is 26.2 Å². The first-order valence-electron chi connectivity index (χ1n) is 9.69. The van der Waals surface area contributed by atoms with Crippen molar-refractivity contribution in [3.05, 3.63) is 59.9 Å². The SMILES string of the molecule is O=C(c1ccccc1)C1CCN(CC(O)C2COc3cc(F)ccc3O2)CC1. The Labute approximate surface area is 163 Å². The molecule has 1 N–H and O–H groups in total. The molecule has 5 nitrogen and oxygen atoms in total. The van der Waals surface area contributed by atoms with Gasteiger partial charge in [0.25, 0.3) is 0 Å². The van der Waals surface area contributed by atoms with Gasteiger partial charge in [0.1, 0.15) is 18.5 Å². The lowest BCUT2D eigenvalue weighted by Gasteiger charge is -2.35. The third kappa shape index (κ3) is 4.18. The Morgan fingerprint density at radius 2 is 1.89 bits per heavy atom. The highest BCUT2D eigenvalue weighted by molar-refractivity contribution is 5.97. The van der Waals surface area contributed by atoms with Gasteiger partial charge in [-0.2, -0.15) is 0 Å². The molecule has 2 aliphatic rings. The van der Waals surface area contributed by atoms with Crippen LogP contribution in [-0.4, -0.2) is 54.2 Å². The quantitative estimate of drug-likeness (QED) is 0.802. The van der Waals surface area contributed by atoms with Crippen molar-refractivity contribution in [3.8, 4) is 11.5 Å². The molecule has 2 aliphatic heterocycles. The van der Waals surface area contributed by atoms with Crippen molar-refractivity contribution in [2.24, 2.45) is 5.92 Å². The molecule has 0 saturated carbocycles. The Bertz CT molecular complexity index is 821. The minimum atomic E-state index is -0.723. The molecule has 0 bridgehead atoms. The number of aliphatic hydroxyl groups is 1. The number of hydrogen-bond acceptors (Lipinski definition) is 5. The molecular formula is C22H24FNO4. The number of hydrogen-bond donors (Lipinski definition) is 1. The largest absolute Gasteiger partial charge is 0.486 e. The monoisotopic (exact) mass is 385 g/mol. The average molecular weight is 385 g/mol. The summed E-state index contributed by atoms with van der Waals surface area (Å²) in [7, 11) is 0. The van der Waals surface area contributed by atoms with Crippen LogP contribution in [0.4, 0.5) is 4.39 Å². The Morgan fingerprint density at radius 3 is 2.64 bits per heavy atom. The first-order chi connectivity index (χ1) is 13.6. The van der Waals surface area contributed by atoms with Crippen LogP contribution in [-0.2, 0) is 0 Å². The molecule has 0 aromatic heterocycles. The van der Waals surface area contributed by atoms with E-state index in [2.05, 4.69) is 4.90 Å². The Balaban J connectivity index is 1.28. The summed E-state index contributed by atoms with van der Waals surface area (Å²) < 4.78 is 24.6. The van der Waals surface area contributed by atoms with Gasteiger partial charge in [-0.1, -0.05) is 30.3 Å². The highest BCUT2D eigenvalue weighted by Gasteiger charge is 2.31.